The zero-order valence-electron chi connectivity index (χ0n) is 11.8. The predicted molar refractivity (Wildman–Crippen MR) is 85.1 cm³/mol. The van der Waals surface area contributed by atoms with Crippen LogP contribution in [0.1, 0.15) is 5.56 Å². The van der Waals surface area contributed by atoms with Crippen LogP contribution in [0.15, 0.2) is 27.6 Å². The lowest BCUT2D eigenvalue weighted by Gasteiger charge is -2.21. The molecule has 0 aromatic heterocycles. The van der Waals surface area contributed by atoms with Gasteiger partial charge in [0.1, 0.15) is 0 Å². The van der Waals surface area contributed by atoms with Gasteiger partial charge in [0, 0.05) is 29.6 Å². The minimum absolute atomic E-state index is 0.0171. The van der Waals surface area contributed by atoms with Gasteiger partial charge in [0.15, 0.2) is 0 Å². The number of thioether (sulfide) groups is 1. The summed E-state index contributed by atoms with van der Waals surface area (Å²) in [7, 11) is 1.60. The highest BCUT2D eigenvalue weighted by atomic mass is 79.9. The zero-order valence-corrected chi connectivity index (χ0v) is 14.2. The third-order valence-electron chi connectivity index (χ3n) is 2.78. The number of carbonyl (C=O) groups excluding carboxylic acids is 1. The molecule has 6 heteroatoms. The normalized spacial score (nSPS) is 10.6. The number of halogens is 1. The molecule has 112 valence electrons. The van der Waals surface area contributed by atoms with Gasteiger partial charge in [-0.2, -0.15) is 0 Å². The minimum Gasteiger partial charge on any atom is -0.395 e. The maximum absolute atomic E-state index is 12.1. The van der Waals surface area contributed by atoms with E-state index in [1.54, 1.807) is 12.0 Å². The standard InChI is InChI=1S/C14H20BrNO3S/c1-11-9-12(15)3-4-13(11)20-10-14(18)16(5-7-17)6-8-19-2/h3-4,9,17H,5-8,10H2,1-2H3. The molecule has 0 saturated heterocycles. The second kappa shape index (κ2) is 9.39. The fraction of sp³-hybridized carbons (Fsp3) is 0.500. The van der Waals surface area contributed by atoms with Crippen LogP contribution < -0.4 is 0 Å². The number of methoxy groups -OCH3 is 1. The van der Waals surface area contributed by atoms with Gasteiger partial charge >= 0.3 is 0 Å². The molecule has 0 aliphatic carbocycles. The maximum atomic E-state index is 12.1. The molecule has 0 unspecified atom stereocenters. The highest BCUT2D eigenvalue weighted by Gasteiger charge is 2.13. The Labute approximate surface area is 132 Å². The van der Waals surface area contributed by atoms with Crippen LogP contribution >= 0.6 is 27.7 Å². The summed E-state index contributed by atoms with van der Waals surface area (Å²) in [6.45, 7) is 3.33. The SMILES string of the molecule is COCCN(CCO)C(=O)CSc1ccc(Br)cc1C. The van der Waals surface area contributed by atoms with Gasteiger partial charge in [-0.3, -0.25) is 4.79 Å². The van der Waals surface area contributed by atoms with E-state index in [4.69, 9.17) is 9.84 Å². The molecule has 0 heterocycles. The van der Waals surface area contributed by atoms with Gasteiger partial charge < -0.3 is 14.7 Å². The van der Waals surface area contributed by atoms with Gasteiger partial charge in [0.2, 0.25) is 5.91 Å². The Morgan fingerprint density at radius 3 is 2.80 bits per heavy atom. The number of aryl methyl sites for hydroxylation is 1. The van der Waals surface area contributed by atoms with Crippen molar-refractivity contribution in [1.82, 2.24) is 4.90 Å². The smallest absolute Gasteiger partial charge is 0.233 e. The number of benzene rings is 1. The van der Waals surface area contributed by atoms with Crippen molar-refractivity contribution in [3.8, 4) is 0 Å². The molecule has 0 spiro atoms. The van der Waals surface area contributed by atoms with E-state index < -0.39 is 0 Å². The summed E-state index contributed by atoms with van der Waals surface area (Å²) in [5.74, 6) is 0.384. The Hall–Kier alpha value is -0.560. The Morgan fingerprint density at radius 1 is 1.45 bits per heavy atom. The van der Waals surface area contributed by atoms with Gasteiger partial charge in [-0.25, -0.2) is 0 Å². The second-order valence-corrected chi connectivity index (χ2v) is 6.23. The molecule has 1 N–H and O–H groups in total. The van der Waals surface area contributed by atoms with E-state index in [9.17, 15) is 4.79 Å². The Balaban J connectivity index is 2.55. The quantitative estimate of drug-likeness (QED) is 0.721. The molecule has 1 rings (SSSR count). The van der Waals surface area contributed by atoms with E-state index >= 15 is 0 Å². The van der Waals surface area contributed by atoms with Crippen LogP contribution in [0.3, 0.4) is 0 Å². The average molecular weight is 362 g/mol. The molecule has 1 aromatic rings. The molecule has 0 saturated carbocycles. The Morgan fingerprint density at radius 2 is 2.20 bits per heavy atom. The van der Waals surface area contributed by atoms with Gasteiger partial charge in [0.25, 0.3) is 0 Å². The number of aliphatic hydroxyl groups is 1. The third kappa shape index (κ3) is 5.83. The number of hydrogen-bond donors (Lipinski definition) is 1. The van der Waals surface area contributed by atoms with Crippen molar-refractivity contribution in [1.29, 1.82) is 0 Å². The van der Waals surface area contributed by atoms with Crippen molar-refractivity contribution in [2.45, 2.75) is 11.8 Å². The second-order valence-electron chi connectivity index (χ2n) is 4.30. The first-order valence-electron chi connectivity index (χ1n) is 6.35. The van der Waals surface area contributed by atoms with E-state index in [0.717, 1.165) is 14.9 Å². The first-order valence-corrected chi connectivity index (χ1v) is 8.13. The molecule has 0 radical (unpaired) electrons. The number of hydrogen-bond acceptors (Lipinski definition) is 4. The minimum atomic E-state index is -0.0303. The third-order valence-corrected chi connectivity index (χ3v) is 4.43. The molecule has 0 fully saturated rings. The summed E-state index contributed by atoms with van der Waals surface area (Å²) in [6.07, 6.45) is 0. The average Bonchev–Trinajstić information content (AvgIpc) is 2.42. The van der Waals surface area contributed by atoms with Crippen LogP contribution in [-0.4, -0.2) is 55.1 Å². The van der Waals surface area contributed by atoms with E-state index in [0.29, 0.717) is 25.4 Å². The van der Waals surface area contributed by atoms with Gasteiger partial charge in [-0.15, -0.1) is 11.8 Å². The lowest BCUT2D eigenvalue weighted by Crippen LogP contribution is -2.37. The molecule has 4 nitrogen and oxygen atoms in total. The fourth-order valence-corrected chi connectivity index (χ4v) is 3.08. The molecule has 0 aliphatic rings. The van der Waals surface area contributed by atoms with Crippen molar-refractivity contribution < 1.29 is 14.6 Å². The van der Waals surface area contributed by atoms with E-state index in [-0.39, 0.29) is 12.5 Å². The molecular formula is C14H20BrNO3S. The molecule has 0 bridgehead atoms. The molecule has 1 aromatic carbocycles. The van der Waals surface area contributed by atoms with E-state index in [2.05, 4.69) is 15.9 Å². The zero-order chi connectivity index (χ0) is 15.0. The van der Waals surface area contributed by atoms with E-state index in [1.807, 2.05) is 25.1 Å². The maximum Gasteiger partial charge on any atom is 0.233 e. The topological polar surface area (TPSA) is 49.8 Å². The van der Waals surface area contributed by atoms with Gasteiger partial charge in [0.05, 0.1) is 19.0 Å². The lowest BCUT2D eigenvalue weighted by atomic mass is 10.2. The van der Waals surface area contributed by atoms with Crippen LogP contribution in [0.2, 0.25) is 0 Å². The molecular weight excluding hydrogens is 342 g/mol. The first-order chi connectivity index (χ1) is 9.58. The number of nitrogens with zero attached hydrogens (tertiary/aromatic N) is 1. The van der Waals surface area contributed by atoms with Crippen LogP contribution in [0.5, 0.6) is 0 Å². The highest BCUT2D eigenvalue weighted by molar-refractivity contribution is 9.10. The van der Waals surface area contributed by atoms with Crippen molar-refractivity contribution in [3.63, 3.8) is 0 Å². The number of rotatable bonds is 8. The van der Waals surface area contributed by atoms with Crippen molar-refractivity contribution >= 4 is 33.6 Å². The van der Waals surface area contributed by atoms with Crippen LogP contribution in [-0.2, 0) is 9.53 Å². The molecule has 0 atom stereocenters. The lowest BCUT2D eigenvalue weighted by molar-refractivity contribution is -0.129. The monoisotopic (exact) mass is 361 g/mol. The van der Waals surface area contributed by atoms with E-state index in [1.165, 1.54) is 11.8 Å². The van der Waals surface area contributed by atoms with Crippen LogP contribution in [0.25, 0.3) is 0 Å². The summed E-state index contributed by atoms with van der Waals surface area (Å²) in [5.41, 5.74) is 1.14. The largest absolute Gasteiger partial charge is 0.395 e. The number of aliphatic hydroxyl groups excluding tert-OH is 1. The molecule has 0 aliphatic heterocycles. The number of amides is 1. The highest BCUT2D eigenvalue weighted by Crippen LogP contribution is 2.25. The molecule has 1 amide bonds. The summed E-state index contributed by atoms with van der Waals surface area (Å²) in [4.78, 5) is 14.8. The Bertz CT molecular complexity index is 442. The first kappa shape index (κ1) is 17.5. The summed E-state index contributed by atoms with van der Waals surface area (Å²) in [5, 5.41) is 9.00. The predicted octanol–water partition coefficient (Wildman–Crippen LogP) is 2.32. The van der Waals surface area contributed by atoms with Crippen molar-refractivity contribution in [3.05, 3.63) is 28.2 Å². The van der Waals surface area contributed by atoms with Crippen molar-refractivity contribution in [2.75, 3.05) is 39.2 Å². The summed E-state index contributed by atoms with van der Waals surface area (Å²) < 4.78 is 6.01. The summed E-state index contributed by atoms with van der Waals surface area (Å²) >= 11 is 4.94. The number of ether oxygens (including phenoxy) is 1. The molecule has 20 heavy (non-hydrogen) atoms. The summed E-state index contributed by atoms with van der Waals surface area (Å²) in [6, 6.07) is 6.00. The van der Waals surface area contributed by atoms with Gasteiger partial charge in [-0.1, -0.05) is 15.9 Å². The van der Waals surface area contributed by atoms with Crippen LogP contribution in [0, 0.1) is 6.92 Å². The number of carbonyl (C=O) groups is 1. The van der Waals surface area contributed by atoms with Crippen LogP contribution in [0.4, 0.5) is 0 Å². The van der Waals surface area contributed by atoms with Gasteiger partial charge in [-0.05, 0) is 30.7 Å². The van der Waals surface area contributed by atoms with Crippen molar-refractivity contribution in [2.24, 2.45) is 0 Å². The fourth-order valence-electron chi connectivity index (χ4n) is 1.69. The Kier molecular flexibility index (Phi) is 8.21.